The highest BCUT2D eigenvalue weighted by molar-refractivity contribution is 5.98. The molecule has 2 heterocycles. The molecule has 1 amide bonds. The van der Waals surface area contributed by atoms with Gasteiger partial charge in [0.15, 0.2) is 5.65 Å². The molecule has 7 nitrogen and oxygen atoms in total. The molecule has 0 aliphatic rings. The predicted octanol–water partition coefficient (Wildman–Crippen LogP) is 2.31. The van der Waals surface area contributed by atoms with E-state index in [0.29, 0.717) is 16.4 Å². The van der Waals surface area contributed by atoms with Crippen LogP contribution in [0.2, 0.25) is 0 Å². The molecule has 4 rings (SSSR count). The zero-order valence-electron chi connectivity index (χ0n) is 12.2. The minimum atomic E-state index is -0.762. The number of fused-ring (bicyclic) bond motifs is 3. The van der Waals surface area contributed by atoms with E-state index in [0.717, 1.165) is 0 Å². The minimum absolute atomic E-state index is 0.111. The smallest absolute Gasteiger partial charge is 0.288 e. The van der Waals surface area contributed by atoms with Gasteiger partial charge in [-0.15, -0.1) is 15.3 Å². The average Bonchev–Trinajstić information content (AvgIpc) is 2.99. The Kier molecular flexibility index (Phi) is 3.09. The van der Waals surface area contributed by atoms with Gasteiger partial charge in [-0.25, -0.2) is 4.39 Å². The number of rotatable bonds is 3. The molecular formula is C16H10FN5O2. The van der Waals surface area contributed by atoms with Crippen LogP contribution in [-0.2, 0) is 0 Å². The summed E-state index contributed by atoms with van der Waals surface area (Å²) in [4.78, 5) is 11.5. The van der Waals surface area contributed by atoms with Crippen molar-refractivity contribution < 1.29 is 13.9 Å². The Morgan fingerprint density at radius 2 is 1.88 bits per heavy atom. The lowest BCUT2D eigenvalue weighted by Gasteiger charge is -2.09. The summed E-state index contributed by atoms with van der Waals surface area (Å²) >= 11 is 0. The van der Waals surface area contributed by atoms with Gasteiger partial charge in [-0.2, -0.15) is 4.52 Å². The van der Waals surface area contributed by atoms with Gasteiger partial charge < -0.3 is 10.5 Å². The van der Waals surface area contributed by atoms with Crippen LogP contribution in [0.4, 0.5) is 4.39 Å². The van der Waals surface area contributed by atoms with E-state index in [1.54, 1.807) is 18.2 Å². The Bertz CT molecular complexity index is 1090. The molecule has 0 saturated heterocycles. The number of benzene rings is 2. The van der Waals surface area contributed by atoms with Crippen molar-refractivity contribution in [2.24, 2.45) is 5.73 Å². The van der Waals surface area contributed by atoms with Crippen LogP contribution >= 0.6 is 0 Å². The Morgan fingerprint density at radius 1 is 1.08 bits per heavy atom. The molecule has 0 fully saturated rings. The fraction of sp³-hybridized carbons (Fsp3) is 0. The molecule has 0 spiro atoms. The van der Waals surface area contributed by atoms with Crippen LogP contribution in [0.5, 0.6) is 11.6 Å². The summed E-state index contributed by atoms with van der Waals surface area (Å²) in [6.07, 6.45) is 0. The van der Waals surface area contributed by atoms with Crippen molar-refractivity contribution in [2.45, 2.75) is 0 Å². The standard InChI is InChI=1S/C16H10FN5O2/c17-9-4-3-5-10(8-9)24-16-12-7-2-1-6-11(12)14-19-20-15(13(18)23)22(14)21-16/h1-8H,(H2,18,23). The van der Waals surface area contributed by atoms with Gasteiger partial charge in [0.2, 0.25) is 11.7 Å². The number of hydrogen-bond donors (Lipinski definition) is 1. The number of aromatic nitrogens is 4. The number of carbonyl (C=O) groups is 1. The number of amides is 1. The number of ether oxygens (including phenoxy) is 1. The number of halogens is 1. The predicted molar refractivity (Wildman–Crippen MR) is 83.3 cm³/mol. The molecule has 2 aromatic heterocycles. The quantitative estimate of drug-likeness (QED) is 0.624. The van der Waals surface area contributed by atoms with Crippen LogP contribution in [0.1, 0.15) is 10.6 Å². The van der Waals surface area contributed by atoms with Gasteiger partial charge in [0.05, 0.1) is 0 Å². The lowest BCUT2D eigenvalue weighted by Crippen LogP contribution is -2.16. The maximum absolute atomic E-state index is 13.4. The number of nitrogens with two attached hydrogens (primary N) is 1. The molecule has 118 valence electrons. The van der Waals surface area contributed by atoms with Gasteiger partial charge in [0.25, 0.3) is 5.91 Å². The lowest BCUT2D eigenvalue weighted by molar-refractivity contribution is 0.0988. The van der Waals surface area contributed by atoms with E-state index in [1.807, 2.05) is 12.1 Å². The minimum Gasteiger partial charge on any atom is -0.437 e. The Labute approximate surface area is 134 Å². The van der Waals surface area contributed by atoms with Crippen molar-refractivity contribution in [3.05, 3.63) is 60.2 Å². The third kappa shape index (κ3) is 2.21. The van der Waals surface area contributed by atoms with E-state index >= 15 is 0 Å². The molecule has 0 saturated carbocycles. The first-order valence-corrected chi connectivity index (χ1v) is 7.01. The van der Waals surface area contributed by atoms with Crippen LogP contribution in [0.3, 0.4) is 0 Å². The highest BCUT2D eigenvalue weighted by Crippen LogP contribution is 2.30. The third-order valence-electron chi connectivity index (χ3n) is 3.46. The van der Waals surface area contributed by atoms with Gasteiger partial charge in [-0.05, 0) is 18.2 Å². The summed E-state index contributed by atoms with van der Waals surface area (Å²) in [6.45, 7) is 0. The topological polar surface area (TPSA) is 95.4 Å². The normalized spacial score (nSPS) is 11.0. The monoisotopic (exact) mass is 323 g/mol. The van der Waals surface area contributed by atoms with E-state index in [2.05, 4.69) is 15.3 Å². The van der Waals surface area contributed by atoms with Crippen molar-refractivity contribution in [1.82, 2.24) is 19.8 Å². The average molecular weight is 323 g/mol. The second kappa shape index (κ2) is 5.27. The number of primary amides is 1. The highest BCUT2D eigenvalue weighted by Gasteiger charge is 2.18. The summed E-state index contributed by atoms with van der Waals surface area (Å²) in [7, 11) is 0. The molecule has 24 heavy (non-hydrogen) atoms. The largest absolute Gasteiger partial charge is 0.437 e. The Hall–Kier alpha value is -3.55. The number of carbonyl (C=O) groups excluding carboxylic acids is 1. The van der Waals surface area contributed by atoms with E-state index < -0.39 is 11.7 Å². The van der Waals surface area contributed by atoms with Gasteiger partial charge in [-0.3, -0.25) is 4.79 Å². The second-order valence-electron chi connectivity index (χ2n) is 5.03. The SMILES string of the molecule is NC(=O)c1nnc2c3ccccc3c(Oc3cccc(F)c3)nn12. The first-order valence-electron chi connectivity index (χ1n) is 7.01. The van der Waals surface area contributed by atoms with Crippen LogP contribution in [-0.4, -0.2) is 25.7 Å². The van der Waals surface area contributed by atoms with Gasteiger partial charge >= 0.3 is 0 Å². The second-order valence-corrected chi connectivity index (χ2v) is 5.03. The first kappa shape index (κ1) is 14.1. The maximum atomic E-state index is 13.4. The fourth-order valence-corrected chi connectivity index (χ4v) is 2.42. The van der Waals surface area contributed by atoms with Crippen molar-refractivity contribution in [1.29, 1.82) is 0 Å². The van der Waals surface area contributed by atoms with E-state index in [1.165, 1.54) is 22.7 Å². The molecule has 0 unspecified atom stereocenters. The molecule has 0 aliphatic carbocycles. The van der Waals surface area contributed by atoms with Crippen molar-refractivity contribution in [3.63, 3.8) is 0 Å². The lowest BCUT2D eigenvalue weighted by atomic mass is 10.2. The molecule has 4 aromatic rings. The van der Waals surface area contributed by atoms with E-state index in [4.69, 9.17) is 10.5 Å². The van der Waals surface area contributed by atoms with Gasteiger partial charge in [0, 0.05) is 16.8 Å². The summed E-state index contributed by atoms with van der Waals surface area (Å²) in [5.74, 6) is -0.839. The molecule has 0 bridgehead atoms. The van der Waals surface area contributed by atoms with Gasteiger partial charge in [-0.1, -0.05) is 24.3 Å². The molecule has 2 N–H and O–H groups in total. The molecule has 8 heteroatoms. The number of hydrogen-bond acceptors (Lipinski definition) is 5. The third-order valence-corrected chi connectivity index (χ3v) is 3.46. The van der Waals surface area contributed by atoms with Crippen LogP contribution in [0, 0.1) is 5.82 Å². The highest BCUT2D eigenvalue weighted by atomic mass is 19.1. The summed E-state index contributed by atoms with van der Waals surface area (Å²) in [5.41, 5.74) is 5.68. The first-order chi connectivity index (χ1) is 11.6. The Balaban J connectivity index is 1.98. The molecule has 0 aliphatic heterocycles. The van der Waals surface area contributed by atoms with Gasteiger partial charge in [0.1, 0.15) is 11.6 Å². The van der Waals surface area contributed by atoms with E-state index in [-0.39, 0.29) is 17.5 Å². The summed E-state index contributed by atoms with van der Waals surface area (Å²) in [5, 5.41) is 13.3. The van der Waals surface area contributed by atoms with E-state index in [9.17, 15) is 9.18 Å². The fourth-order valence-electron chi connectivity index (χ4n) is 2.42. The molecule has 0 radical (unpaired) electrons. The van der Waals surface area contributed by atoms with Crippen LogP contribution in [0.15, 0.2) is 48.5 Å². The van der Waals surface area contributed by atoms with Crippen molar-refractivity contribution in [2.75, 3.05) is 0 Å². The Morgan fingerprint density at radius 3 is 2.62 bits per heavy atom. The summed E-state index contributed by atoms with van der Waals surface area (Å²) < 4.78 is 20.3. The zero-order valence-corrected chi connectivity index (χ0v) is 12.2. The van der Waals surface area contributed by atoms with Crippen LogP contribution in [0.25, 0.3) is 16.4 Å². The molecular weight excluding hydrogens is 313 g/mol. The van der Waals surface area contributed by atoms with Crippen LogP contribution < -0.4 is 10.5 Å². The maximum Gasteiger partial charge on any atom is 0.288 e. The molecule has 2 aromatic carbocycles. The summed E-state index contributed by atoms with van der Waals surface area (Å²) in [6, 6.07) is 12.9. The zero-order chi connectivity index (χ0) is 16.7. The molecule has 0 atom stereocenters. The van der Waals surface area contributed by atoms with Crippen molar-refractivity contribution in [3.8, 4) is 11.6 Å². The van der Waals surface area contributed by atoms with Crippen molar-refractivity contribution >= 4 is 22.3 Å². The number of nitrogens with zero attached hydrogens (tertiary/aromatic N) is 4.